The van der Waals surface area contributed by atoms with Crippen LogP contribution in [0.3, 0.4) is 0 Å². The zero-order valence-electron chi connectivity index (χ0n) is 15.0. The van der Waals surface area contributed by atoms with Gasteiger partial charge in [-0.25, -0.2) is 14.2 Å². The van der Waals surface area contributed by atoms with Gasteiger partial charge in [0.05, 0.1) is 18.7 Å². The van der Waals surface area contributed by atoms with Gasteiger partial charge < -0.3 is 9.30 Å². The van der Waals surface area contributed by atoms with Gasteiger partial charge in [0.1, 0.15) is 11.5 Å². The average molecular weight is 399 g/mol. The Balaban J connectivity index is 1.82. The molecule has 6 nitrogen and oxygen atoms in total. The number of aromatic nitrogens is 4. The van der Waals surface area contributed by atoms with Gasteiger partial charge in [-0.05, 0) is 35.9 Å². The van der Waals surface area contributed by atoms with E-state index < -0.39 is 11.8 Å². The molecule has 0 aliphatic rings. The fourth-order valence-electron chi connectivity index (χ4n) is 3.09. The maximum atomic E-state index is 14.0. The van der Waals surface area contributed by atoms with Gasteiger partial charge in [0.25, 0.3) is 0 Å². The van der Waals surface area contributed by atoms with Gasteiger partial charge in [-0.1, -0.05) is 17.7 Å². The van der Waals surface area contributed by atoms with Crippen molar-refractivity contribution in [2.45, 2.75) is 13.1 Å². The number of fused-ring (bicyclic) bond motifs is 1. The highest BCUT2D eigenvalue weighted by Gasteiger charge is 2.16. The topological polar surface area (TPSA) is 61.9 Å². The van der Waals surface area contributed by atoms with Crippen molar-refractivity contribution < 1.29 is 13.9 Å². The van der Waals surface area contributed by atoms with Crippen LogP contribution in [-0.4, -0.2) is 32.4 Å². The second kappa shape index (κ2) is 7.44. The van der Waals surface area contributed by atoms with Crippen LogP contribution in [0.15, 0.2) is 55.0 Å². The summed E-state index contributed by atoms with van der Waals surface area (Å²) in [6.07, 6.45) is 5.47. The molecule has 0 unspecified atom stereocenters. The maximum Gasteiger partial charge on any atom is 0.356 e. The number of hydrogen-bond donors (Lipinski definition) is 0. The summed E-state index contributed by atoms with van der Waals surface area (Å²) in [4.78, 5) is 16.4. The molecule has 142 valence electrons. The van der Waals surface area contributed by atoms with Crippen molar-refractivity contribution in [2.75, 3.05) is 7.11 Å². The van der Waals surface area contributed by atoms with E-state index in [9.17, 15) is 9.18 Å². The summed E-state index contributed by atoms with van der Waals surface area (Å²) >= 11 is 5.82. The van der Waals surface area contributed by atoms with Crippen LogP contribution in [0.5, 0.6) is 0 Å². The molecule has 0 fully saturated rings. The first-order chi connectivity index (χ1) is 13.6. The van der Waals surface area contributed by atoms with Gasteiger partial charge in [0.2, 0.25) is 0 Å². The molecule has 0 amide bonds. The number of methoxy groups -OCH3 is 1. The predicted octanol–water partition coefficient (Wildman–Crippen LogP) is 4.18. The van der Waals surface area contributed by atoms with Gasteiger partial charge >= 0.3 is 5.97 Å². The summed E-state index contributed by atoms with van der Waals surface area (Å²) < 4.78 is 22.5. The average Bonchev–Trinajstić information content (AvgIpc) is 3.35. The maximum absolute atomic E-state index is 14.0. The molecule has 0 radical (unpaired) electrons. The number of carbonyl (C=O) groups is 1. The van der Waals surface area contributed by atoms with E-state index in [1.165, 1.54) is 19.2 Å². The highest BCUT2D eigenvalue weighted by atomic mass is 35.5. The normalized spacial score (nSPS) is 11.1. The van der Waals surface area contributed by atoms with Crippen molar-refractivity contribution in [1.29, 1.82) is 0 Å². The third kappa shape index (κ3) is 3.36. The Labute approximate surface area is 165 Å². The molecule has 3 heterocycles. The second-order valence-electron chi connectivity index (χ2n) is 6.19. The molecule has 0 aliphatic heterocycles. The van der Waals surface area contributed by atoms with E-state index in [-0.39, 0.29) is 10.7 Å². The van der Waals surface area contributed by atoms with Crippen LogP contribution in [-0.2, 0) is 17.8 Å². The van der Waals surface area contributed by atoms with Crippen molar-refractivity contribution in [3.63, 3.8) is 0 Å². The lowest BCUT2D eigenvalue weighted by Gasteiger charge is -2.06. The molecule has 0 spiro atoms. The number of halogens is 2. The SMILES string of the molecule is COC(=O)c1ccc2c(-c3ccc(Cl)c(F)c3)cn(CCn3cccn3)c2n1. The minimum atomic E-state index is -0.513. The summed E-state index contributed by atoms with van der Waals surface area (Å²) in [5.74, 6) is -1.00. The third-order valence-corrected chi connectivity index (χ3v) is 4.78. The van der Waals surface area contributed by atoms with Crippen LogP contribution in [0.1, 0.15) is 10.5 Å². The molecular weight excluding hydrogens is 383 g/mol. The van der Waals surface area contributed by atoms with E-state index in [1.807, 2.05) is 23.0 Å². The van der Waals surface area contributed by atoms with Crippen LogP contribution in [0, 0.1) is 5.82 Å². The largest absolute Gasteiger partial charge is 0.464 e. The molecule has 0 N–H and O–H groups in total. The van der Waals surface area contributed by atoms with Crippen molar-refractivity contribution in [3.8, 4) is 11.1 Å². The van der Waals surface area contributed by atoms with Crippen LogP contribution >= 0.6 is 11.6 Å². The van der Waals surface area contributed by atoms with Gasteiger partial charge in [-0.3, -0.25) is 4.68 Å². The molecule has 0 saturated heterocycles. The lowest BCUT2D eigenvalue weighted by Crippen LogP contribution is -2.09. The molecule has 4 rings (SSSR count). The van der Waals surface area contributed by atoms with E-state index in [0.717, 1.165) is 10.9 Å². The summed E-state index contributed by atoms with van der Waals surface area (Å²) in [7, 11) is 1.31. The van der Waals surface area contributed by atoms with E-state index >= 15 is 0 Å². The molecule has 3 aromatic heterocycles. The fourth-order valence-corrected chi connectivity index (χ4v) is 3.21. The summed E-state index contributed by atoms with van der Waals surface area (Å²) in [5, 5.41) is 5.07. The molecule has 0 saturated carbocycles. The number of esters is 1. The number of pyridine rings is 1. The summed E-state index contributed by atoms with van der Waals surface area (Å²) in [6, 6.07) is 9.91. The Kier molecular flexibility index (Phi) is 4.83. The number of rotatable bonds is 5. The molecular formula is C20H16ClFN4O2. The standard InChI is InChI=1S/C20H16ClFN4O2/c1-28-20(27)18-6-4-14-15(13-3-5-16(21)17(22)11-13)12-25(19(14)24-18)9-10-26-8-2-7-23-26/h2-8,11-12H,9-10H2,1H3. The molecule has 4 aromatic rings. The number of carbonyl (C=O) groups excluding carboxylic acids is 1. The second-order valence-corrected chi connectivity index (χ2v) is 6.60. The van der Waals surface area contributed by atoms with Crippen LogP contribution in [0.25, 0.3) is 22.2 Å². The Morgan fingerprint density at radius 2 is 2.11 bits per heavy atom. The minimum Gasteiger partial charge on any atom is -0.464 e. The molecule has 28 heavy (non-hydrogen) atoms. The molecule has 0 aliphatic carbocycles. The third-order valence-electron chi connectivity index (χ3n) is 4.48. The van der Waals surface area contributed by atoms with Gasteiger partial charge in [0, 0.05) is 36.1 Å². The van der Waals surface area contributed by atoms with E-state index in [2.05, 4.69) is 10.1 Å². The quantitative estimate of drug-likeness (QED) is 0.473. The highest BCUT2D eigenvalue weighted by Crippen LogP contribution is 2.32. The van der Waals surface area contributed by atoms with E-state index in [4.69, 9.17) is 16.3 Å². The smallest absolute Gasteiger partial charge is 0.356 e. The molecule has 1 aromatic carbocycles. The van der Waals surface area contributed by atoms with Gasteiger partial charge in [-0.2, -0.15) is 5.10 Å². The zero-order chi connectivity index (χ0) is 19.7. The van der Waals surface area contributed by atoms with Crippen LogP contribution in [0.2, 0.25) is 5.02 Å². The number of aryl methyl sites for hydroxylation is 2. The number of hydrogen-bond acceptors (Lipinski definition) is 4. The monoisotopic (exact) mass is 398 g/mol. The van der Waals surface area contributed by atoms with E-state index in [1.54, 1.807) is 29.1 Å². The van der Waals surface area contributed by atoms with E-state index in [0.29, 0.717) is 24.3 Å². The van der Waals surface area contributed by atoms with Crippen molar-refractivity contribution in [3.05, 3.63) is 71.5 Å². The Morgan fingerprint density at radius 1 is 1.25 bits per heavy atom. The Morgan fingerprint density at radius 3 is 2.82 bits per heavy atom. The highest BCUT2D eigenvalue weighted by molar-refractivity contribution is 6.30. The van der Waals surface area contributed by atoms with Crippen LogP contribution < -0.4 is 0 Å². The molecule has 8 heteroatoms. The first-order valence-corrected chi connectivity index (χ1v) is 8.95. The zero-order valence-corrected chi connectivity index (χ0v) is 15.7. The van der Waals surface area contributed by atoms with Crippen LogP contribution in [0.4, 0.5) is 4.39 Å². The lowest BCUT2D eigenvalue weighted by atomic mass is 10.1. The number of benzene rings is 1. The fraction of sp³-hybridized carbons (Fsp3) is 0.150. The lowest BCUT2D eigenvalue weighted by molar-refractivity contribution is 0.0594. The number of nitrogens with zero attached hydrogens (tertiary/aromatic N) is 4. The molecule has 0 bridgehead atoms. The van der Waals surface area contributed by atoms with Crippen molar-refractivity contribution in [1.82, 2.24) is 19.3 Å². The Hall–Kier alpha value is -3.19. The van der Waals surface area contributed by atoms with Crippen molar-refractivity contribution in [2.24, 2.45) is 0 Å². The minimum absolute atomic E-state index is 0.0669. The predicted molar refractivity (Wildman–Crippen MR) is 104 cm³/mol. The first kappa shape index (κ1) is 18.2. The summed E-state index contributed by atoms with van der Waals surface area (Å²) in [5.41, 5.74) is 2.30. The number of ether oxygens (including phenoxy) is 1. The van der Waals surface area contributed by atoms with Gasteiger partial charge in [-0.15, -0.1) is 0 Å². The first-order valence-electron chi connectivity index (χ1n) is 8.58. The summed E-state index contributed by atoms with van der Waals surface area (Å²) in [6.45, 7) is 1.20. The van der Waals surface area contributed by atoms with Crippen molar-refractivity contribution >= 4 is 28.6 Å². The van der Waals surface area contributed by atoms with Gasteiger partial charge in [0.15, 0.2) is 5.69 Å². The molecule has 0 atom stereocenters. The Bertz CT molecular complexity index is 1150.